The summed E-state index contributed by atoms with van der Waals surface area (Å²) >= 11 is 5.51. The van der Waals surface area contributed by atoms with Crippen molar-refractivity contribution in [2.24, 2.45) is 0 Å². The van der Waals surface area contributed by atoms with Gasteiger partial charge in [0.25, 0.3) is 0 Å². The highest BCUT2D eigenvalue weighted by molar-refractivity contribution is 7.95. The second kappa shape index (κ2) is 12.9. The molecule has 0 saturated carbocycles. The van der Waals surface area contributed by atoms with Gasteiger partial charge in [0.05, 0.1) is 12.0 Å². The predicted molar refractivity (Wildman–Crippen MR) is 106 cm³/mol. The van der Waals surface area contributed by atoms with Crippen LogP contribution in [-0.2, 0) is 0 Å². The number of rotatable bonds is 3. The van der Waals surface area contributed by atoms with Crippen molar-refractivity contribution in [2.45, 2.75) is 31.6 Å². The van der Waals surface area contributed by atoms with Gasteiger partial charge in [0.1, 0.15) is 5.75 Å². The molecule has 0 spiro atoms. The topological polar surface area (TPSA) is 9.23 Å². The van der Waals surface area contributed by atoms with Crippen LogP contribution in [-0.4, -0.2) is 0 Å². The lowest BCUT2D eigenvalue weighted by atomic mass is 10.2. The lowest BCUT2D eigenvalue weighted by molar-refractivity contribution is 0.646. The van der Waals surface area contributed by atoms with Gasteiger partial charge in [0, 0.05) is 4.90 Å². The molecule has 0 aliphatic heterocycles. The van der Waals surface area contributed by atoms with E-state index in [2.05, 4.69) is 24.8 Å². The molecule has 3 heteroatoms. The molecule has 0 unspecified atom stereocenters. The minimum absolute atomic E-state index is 0.876. The number of para-hydroxylation sites is 1. The molecule has 1 nitrogen and oxygen atoms in total. The van der Waals surface area contributed by atoms with Crippen LogP contribution >= 0.6 is 24.7 Å². The predicted octanol–water partition coefficient (Wildman–Crippen LogP) is 6.95. The van der Waals surface area contributed by atoms with E-state index in [-0.39, 0.29) is 0 Å². The summed E-state index contributed by atoms with van der Waals surface area (Å²) in [6, 6.07) is 19.8. The molecule has 0 fully saturated rings. The van der Waals surface area contributed by atoms with Gasteiger partial charge in [-0.2, -0.15) is 0 Å². The van der Waals surface area contributed by atoms with Crippen molar-refractivity contribution < 1.29 is 4.18 Å². The number of thiol groups is 1. The van der Waals surface area contributed by atoms with Crippen LogP contribution in [0.2, 0.25) is 0 Å². The fraction of sp³-hybridized carbons (Fsp3) is 0.200. The SMILES string of the molecule is CC.SC1=CCCC=C1.c1ccc(OSc2ccccc2)cc1. The molecule has 0 radical (unpaired) electrons. The van der Waals surface area contributed by atoms with E-state index in [1.54, 1.807) is 0 Å². The highest BCUT2D eigenvalue weighted by atomic mass is 32.2. The van der Waals surface area contributed by atoms with Crippen LogP contribution in [0.25, 0.3) is 0 Å². The zero-order valence-electron chi connectivity index (χ0n) is 13.7. The van der Waals surface area contributed by atoms with E-state index in [1.807, 2.05) is 80.6 Å². The fourth-order valence-corrected chi connectivity index (χ4v) is 2.45. The second-order valence-corrected chi connectivity index (χ2v) is 5.72. The summed E-state index contributed by atoms with van der Waals surface area (Å²) in [6.45, 7) is 4.00. The van der Waals surface area contributed by atoms with Gasteiger partial charge in [0.15, 0.2) is 0 Å². The molecule has 0 amide bonds. The first-order valence-electron chi connectivity index (χ1n) is 7.85. The molecule has 2 aromatic rings. The van der Waals surface area contributed by atoms with Crippen molar-refractivity contribution in [3.8, 4) is 5.75 Å². The third kappa shape index (κ3) is 9.22. The van der Waals surface area contributed by atoms with E-state index in [1.165, 1.54) is 18.5 Å². The fourth-order valence-electron chi connectivity index (χ4n) is 1.65. The summed E-state index contributed by atoms with van der Waals surface area (Å²) in [4.78, 5) is 2.21. The van der Waals surface area contributed by atoms with Crippen LogP contribution in [0.3, 0.4) is 0 Å². The van der Waals surface area contributed by atoms with Crippen molar-refractivity contribution >= 4 is 24.7 Å². The third-order valence-electron chi connectivity index (χ3n) is 2.70. The maximum Gasteiger partial charge on any atom is 0.137 e. The largest absolute Gasteiger partial charge is 0.421 e. The summed E-state index contributed by atoms with van der Waals surface area (Å²) in [7, 11) is 0. The average Bonchev–Trinajstić information content (AvgIpc) is 2.65. The Kier molecular flexibility index (Phi) is 10.9. The van der Waals surface area contributed by atoms with Gasteiger partial charge in [-0.25, -0.2) is 0 Å². The van der Waals surface area contributed by atoms with E-state index < -0.39 is 0 Å². The Hall–Kier alpha value is -1.58. The Morgan fingerprint density at radius 3 is 1.96 bits per heavy atom. The van der Waals surface area contributed by atoms with E-state index >= 15 is 0 Å². The quantitative estimate of drug-likeness (QED) is 0.476. The summed E-state index contributed by atoms with van der Waals surface area (Å²) in [5, 5.41) is 0. The summed E-state index contributed by atoms with van der Waals surface area (Å²) in [5.41, 5.74) is 0. The molecule has 0 atom stereocenters. The molecular formula is C20H24OS2. The zero-order chi connectivity index (χ0) is 16.8. The van der Waals surface area contributed by atoms with Crippen molar-refractivity contribution in [1.82, 2.24) is 0 Å². The average molecular weight is 345 g/mol. The molecule has 1 aliphatic carbocycles. The van der Waals surface area contributed by atoms with Crippen molar-refractivity contribution in [3.05, 3.63) is 83.8 Å². The number of hydrogen-bond acceptors (Lipinski definition) is 3. The molecule has 23 heavy (non-hydrogen) atoms. The molecule has 0 saturated heterocycles. The zero-order valence-corrected chi connectivity index (χ0v) is 15.4. The molecule has 0 aromatic heterocycles. The molecule has 0 heterocycles. The number of allylic oxidation sites excluding steroid dienone is 3. The van der Waals surface area contributed by atoms with Gasteiger partial charge in [-0.1, -0.05) is 68.5 Å². The van der Waals surface area contributed by atoms with E-state index in [0.29, 0.717) is 0 Å². The smallest absolute Gasteiger partial charge is 0.137 e. The maximum atomic E-state index is 5.51. The Bertz CT molecular complexity index is 538. The molecule has 122 valence electrons. The number of hydrogen-bond donors (Lipinski definition) is 1. The molecule has 2 aromatic carbocycles. The summed E-state index contributed by atoms with van der Waals surface area (Å²) in [6.07, 6.45) is 8.65. The second-order valence-electron chi connectivity index (χ2n) is 4.40. The minimum atomic E-state index is 0.876. The molecule has 0 N–H and O–H groups in total. The van der Waals surface area contributed by atoms with Crippen molar-refractivity contribution in [1.29, 1.82) is 0 Å². The highest BCUT2D eigenvalue weighted by Gasteiger charge is 1.94. The van der Waals surface area contributed by atoms with Gasteiger partial charge in [-0.3, -0.25) is 0 Å². The molecule has 0 bridgehead atoms. The Morgan fingerprint density at radius 1 is 0.870 bits per heavy atom. The highest BCUT2D eigenvalue weighted by Crippen LogP contribution is 2.22. The monoisotopic (exact) mass is 344 g/mol. The van der Waals surface area contributed by atoms with Crippen molar-refractivity contribution in [3.63, 3.8) is 0 Å². The van der Waals surface area contributed by atoms with Gasteiger partial charge >= 0.3 is 0 Å². The lowest BCUT2D eigenvalue weighted by Crippen LogP contribution is -1.80. The van der Waals surface area contributed by atoms with Crippen LogP contribution in [0.4, 0.5) is 0 Å². The van der Waals surface area contributed by atoms with Crippen LogP contribution in [0, 0.1) is 0 Å². The summed E-state index contributed by atoms with van der Waals surface area (Å²) in [5.74, 6) is 0.876. The van der Waals surface area contributed by atoms with Crippen molar-refractivity contribution in [2.75, 3.05) is 0 Å². The third-order valence-corrected chi connectivity index (χ3v) is 3.77. The Morgan fingerprint density at radius 2 is 1.48 bits per heavy atom. The minimum Gasteiger partial charge on any atom is -0.421 e. The lowest BCUT2D eigenvalue weighted by Gasteiger charge is -2.02. The first-order valence-corrected chi connectivity index (χ1v) is 9.04. The van der Waals surface area contributed by atoms with E-state index in [9.17, 15) is 0 Å². The normalized spacial score (nSPS) is 12.0. The summed E-state index contributed by atoms with van der Waals surface area (Å²) < 4.78 is 5.51. The van der Waals surface area contributed by atoms with Crippen LogP contribution in [0.5, 0.6) is 5.75 Å². The first-order chi connectivity index (χ1) is 11.3. The molecular weight excluding hydrogens is 320 g/mol. The standard InChI is InChI=1S/C12H10OS.C6H8S.C2H6/c1-3-7-11(8-4-1)13-14-12-9-5-2-6-10-12;7-6-4-2-1-3-5-6;1-2/h1-10H;2,4-5,7H,1,3H2;1-2H3. The van der Waals surface area contributed by atoms with E-state index in [4.69, 9.17) is 4.18 Å². The Labute approximate surface area is 150 Å². The van der Waals surface area contributed by atoms with Crippen LogP contribution in [0.1, 0.15) is 26.7 Å². The van der Waals surface area contributed by atoms with Gasteiger partial charge in [-0.05, 0) is 42.0 Å². The first kappa shape index (κ1) is 19.5. The van der Waals surface area contributed by atoms with Gasteiger partial charge < -0.3 is 4.18 Å². The molecule has 3 rings (SSSR count). The number of benzene rings is 2. The van der Waals surface area contributed by atoms with Crippen LogP contribution < -0.4 is 4.18 Å². The van der Waals surface area contributed by atoms with E-state index in [0.717, 1.165) is 22.0 Å². The Balaban J connectivity index is 0.000000247. The molecule has 1 aliphatic rings. The van der Waals surface area contributed by atoms with Gasteiger partial charge in [-0.15, -0.1) is 12.6 Å². The van der Waals surface area contributed by atoms with Gasteiger partial charge in [0.2, 0.25) is 0 Å². The maximum absolute atomic E-state index is 5.51. The van der Waals surface area contributed by atoms with Crippen LogP contribution in [0.15, 0.2) is 88.7 Å².